The number of hydrogen-bond donors (Lipinski definition) is 2. The van der Waals surface area contributed by atoms with Crippen LogP contribution in [0.4, 0.5) is 4.79 Å². The molecule has 0 saturated heterocycles. The van der Waals surface area contributed by atoms with Crippen molar-refractivity contribution in [1.29, 1.82) is 0 Å². The van der Waals surface area contributed by atoms with Gasteiger partial charge in [0.25, 0.3) is 0 Å². The molecule has 0 aliphatic heterocycles. The van der Waals surface area contributed by atoms with Gasteiger partial charge in [-0.2, -0.15) is 0 Å². The Morgan fingerprint density at radius 3 is 1.71 bits per heavy atom. The second-order valence-corrected chi connectivity index (χ2v) is 0.990. The van der Waals surface area contributed by atoms with E-state index in [1.807, 2.05) is 0 Å². The third-order valence-corrected chi connectivity index (χ3v) is 0. The Kier molecular flexibility index (Phi) is 13.2. The van der Waals surface area contributed by atoms with E-state index in [9.17, 15) is 0 Å². The average Bonchev–Trinajstić information content (AvgIpc) is 1.33. The van der Waals surface area contributed by atoms with Crippen LogP contribution in [0.5, 0.6) is 0 Å². The van der Waals surface area contributed by atoms with Gasteiger partial charge in [0.2, 0.25) is 0 Å². The normalized spacial score (nSPS) is 6.14. The van der Waals surface area contributed by atoms with Crippen LogP contribution in [0.25, 0.3) is 0 Å². The van der Waals surface area contributed by atoms with Crippen molar-refractivity contribution in [3.05, 3.63) is 0 Å². The molecule has 0 heterocycles. The SMILES string of the molecule is O=C(O)O.[Li][CH2]C. The first-order valence-electron chi connectivity index (χ1n) is 2.07. The molecule has 0 unspecified atom stereocenters. The Bertz CT molecular complexity index is 41.4. The summed E-state index contributed by atoms with van der Waals surface area (Å²) < 4.78 is 0. The third-order valence-electron chi connectivity index (χ3n) is 0. The summed E-state index contributed by atoms with van der Waals surface area (Å²) in [5.41, 5.74) is 0. The van der Waals surface area contributed by atoms with E-state index in [0.29, 0.717) is 0 Å². The van der Waals surface area contributed by atoms with Gasteiger partial charge in [-0.1, -0.05) is 0 Å². The van der Waals surface area contributed by atoms with Crippen LogP contribution < -0.4 is 0 Å². The Labute approximate surface area is 51.5 Å². The molecule has 0 radical (unpaired) electrons. The first kappa shape index (κ1) is 9.98. The van der Waals surface area contributed by atoms with Crippen molar-refractivity contribution in [2.45, 2.75) is 12.0 Å². The van der Waals surface area contributed by atoms with Crippen LogP contribution in [0, 0.1) is 0 Å². The van der Waals surface area contributed by atoms with E-state index in [-0.39, 0.29) is 0 Å². The molecule has 4 heteroatoms. The monoisotopic (exact) mass is 98.1 g/mol. The van der Waals surface area contributed by atoms with E-state index in [1.165, 1.54) is 5.09 Å². The van der Waals surface area contributed by atoms with Gasteiger partial charge in [0.15, 0.2) is 0 Å². The van der Waals surface area contributed by atoms with Crippen molar-refractivity contribution in [3.8, 4) is 0 Å². The predicted octanol–water partition coefficient (Wildman–Crippen LogP) is 0.816. The molecule has 38 valence electrons. The van der Waals surface area contributed by atoms with E-state index in [4.69, 9.17) is 15.0 Å². The van der Waals surface area contributed by atoms with Crippen molar-refractivity contribution >= 4 is 23.9 Å². The van der Waals surface area contributed by atoms with Gasteiger partial charge < -0.3 is 10.2 Å². The molecule has 0 fully saturated rings. The van der Waals surface area contributed by atoms with Crippen molar-refractivity contribution in [2.24, 2.45) is 0 Å². The maximum absolute atomic E-state index is 8.56. The topological polar surface area (TPSA) is 57.5 Å². The fourth-order valence-electron chi connectivity index (χ4n) is 0. The summed E-state index contributed by atoms with van der Waals surface area (Å²) >= 11 is 2.12. The summed E-state index contributed by atoms with van der Waals surface area (Å²) in [6.07, 6.45) is -1.83. The molecule has 0 aromatic carbocycles. The molecule has 3 nitrogen and oxygen atoms in total. The second-order valence-electron chi connectivity index (χ2n) is 0.990. The average molecular weight is 98.0 g/mol. The molecular weight excluding hydrogens is 91.0 g/mol. The Morgan fingerprint density at radius 1 is 1.71 bits per heavy atom. The molecule has 2 N–H and O–H groups in total. The van der Waals surface area contributed by atoms with Crippen LogP contribution in [0.1, 0.15) is 6.92 Å². The van der Waals surface area contributed by atoms with Crippen LogP contribution in [0.2, 0.25) is 5.09 Å². The summed E-state index contributed by atoms with van der Waals surface area (Å²) in [5, 5.41) is 15.2. The second kappa shape index (κ2) is 9.29. The van der Waals surface area contributed by atoms with Crippen LogP contribution >= 0.6 is 0 Å². The van der Waals surface area contributed by atoms with E-state index >= 15 is 0 Å². The van der Waals surface area contributed by atoms with Gasteiger partial charge >= 0.3 is 35.9 Å². The Balaban J connectivity index is 0. The fourth-order valence-corrected chi connectivity index (χ4v) is 0. The fraction of sp³-hybridized carbons (Fsp3) is 0.667. The van der Waals surface area contributed by atoms with Gasteiger partial charge in [-0.15, -0.1) is 0 Å². The van der Waals surface area contributed by atoms with Gasteiger partial charge in [-0.05, 0) is 0 Å². The number of hydrogen-bond acceptors (Lipinski definition) is 1. The van der Waals surface area contributed by atoms with Crippen molar-refractivity contribution < 1.29 is 15.0 Å². The van der Waals surface area contributed by atoms with Crippen molar-refractivity contribution in [3.63, 3.8) is 0 Å². The molecule has 0 aliphatic rings. The number of rotatable bonds is 0. The summed E-state index contributed by atoms with van der Waals surface area (Å²) in [6, 6.07) is 0. The molecule has 7 heavy (non-hydrogen) atoms. The van der Waals surface area contributed by atoms with Gasteiger partial charge in [0.1, 0.15) is 0 Å². The molecule has 0 aliphatic carbocycles. The van der Waals surface area contributed by atoms with Gasteiger partial charge in [0.05, 0.1) is 0 Å². The molecular formula is C3H7LiO3. The van der Waals surface area contributed by atoms with E-state index in [1.54, 1.807) is 0 Å². The van der Waals surface area contributed by atoms with Crippen molar-refractivity contribution in [1.82, 2.24) is 0 Å². The molecule has 0 saturated carbocycles. The molecule has 0 amide bonds. The molecule has 0 spiro atoms. The standard InChI is InChI=1S/C2H5.CH2O3.Li/c1-2;2-1(3)4;/h1H2,2H3;(H2,2,3,4);. The Morgan fingerprint density at radius 2 is 1.71 bits per heavy atom. The number of carbonyl (C=O) groups is 1. The zero-order chi connectivity index (χ0) is 6.28. The first-order valence-corrected chi connectivity index (χ1v) is 2.07. The van der Waals surface area contributed by atoms with Crippen LogP contribution in [-0.2, 0) is 0 Å². The van der Waals surface area contributed by atoms with E-state index in [0.717, 1.165) is 0 Å². The van der Waals surface area contributed by atoms with Crippen molar-refractivity contribution in [2.75, 3.05) is 0 Å². The van der Waals surface area contributed by atoms with Gasteiger partial charge in [0, 0.05) is 0 Å². The molecule has 0 rings (SSSR count). The third kappa shape index (κ3) is 4990. The van der Waals surface area contributed by atoms with E-state index in [2.05, 4.69) is 24.6 Å². The minimum absolute atomic E-state index is 1.25. The van der Waals surface area contributed by atoms with E-state index < -0.39 is 6.16 Å². The van der Waals surface area contributed by atoms with Gasteiger partial charge in [-0.3, -0.25) is 0 Å². The molecule has 0 bridgehead atoms. The van der Waals surface area contributed by atoms with Crippen LogP contribution in [-0.4, -0.2) is 34.1 Å². The summed E-state index contributed by atoms with van der Waals surface area (Å²) in [6.45, 7) is 2.12. The number of carboxylic acid groups (broad SMARTS) is 2. The molecule has 0 aromatic rings. The zero-order valence-corrected chi connectivity index (χ0v) is 4.51. The van der Waals surface area contributed by atoms with Gasteiger partial charge in [-0.25, -0.2) is 4.79 Å². The zero-order valence-electron chi connectivity index (χ0n) is 4.51. The first-order chi connectivity index (χ1) is 3.15. The van der Waals surface area contributed by atoms with Crippen LogP contribution in [0.15, 0.2) is 0 Å². The maximum atomic E-state index is 8.56. The van der Waals surface area contributed by atoms with Crippen LogP contribution in [0.3, 0.4) is 0 Å². The predicted molar refractivity (Wildman–Crippen MR) is 26.9 cm³/mol. The summed E-state index contributed by atoms with van der Waals surface area (Å²) in [7, 11) is 0. The quantitative estimate of drug-likeness (QED) is 0.441. The summed E-state index contributed by atoms with van der Waals surface area (Å²) in [4.78, 5) is 8.56. The summed E-state index contributed by atoms with van der Waals surface area (Å²) in [5.74, 6) is 0. The molecule has 0 atom stereocenters. The minimum atomic E-state index is -1.83. The molecule has 0 aromatic heterocycles. The Hall–Kier alpha value is -0.133.